The van der Waals surface area contributed by atoms with Crippen LogP contribution >= 0.6 is 0 Å². The molecule has 3 heteroatoms. The highest BCUT2D eigenvalue weighted by molar-refractivity contribution is 5.90. The molecule has 3 nitrogen and oxygen atoms in total. The van der Waals surface area contributed by atoms with Crippen molar-refractivity contribution >= 4 is 11.6 Å². The molecular formula is C14H21NO2. The van der Waals surface area contributed by atoms with E-state index in [0.29, 0.717) is 12.8 Å². The highest BCUT2D eigenvalue weighted by Gasteiger charge is 2.01. The third-order valence-electron chi connectivity index (χ3n) is 2.65. The molecule has 0 heterocycles. The lowest BCUT2D eigenvalue weighted by Gasteiger charge is -2.06. The van der Waals surface area contributed by atoms with Crippen LogP contribution in [0.2, 0.25) is 0 Å². The molecule has 0 atom stereocenters. The number of anilines is 1. The van der Waals surface area contributed by atoms with Gasteiger partial charge in [-0.15, -0.1) is 0 Å². The molecule has 0 saturated carbocycles. The lowest BCUT2D eigenvalue weighted by atomic mass is 10.1. The molecule has 0 bridgehead atoms. The van der Waals surface area contributed by atoms with Crippen molar-refractivity contribution in [1.82, 2.24) is 0 Å². The lowest BCUT2D eigenvalue weighted by molar-refractivity contribution is -0.116. The van der Waals surface area contributed by atoms with Gasteiger partial charge in [-0.1, -0.05) is 31.9 Å². The molecule has 0 fully saturated rings. The van der Waals surface area contributed by atoms with Gasteiger partial charge in [0.2, 0.25) is 5.91 Å². The monoisotopic (exact) mass is 235 g/mol. The molecule has 17 heavy (non-hydrogen) atoms. The van der Waals surface area contributed by atoms with Gasteiger partial charge in [0, 0.05) is 18.7 Å². The normalized spacial score (nSPS) is 10.2. The summed E-state index contributed by atoms with van der Waals surface area (Å²) in [6, 6.07) is 7.61. The molecule has 2 N–H and O–H groups in total. The molecule has 0 aliphatic rings. The van der Waals surface area contributed by atoms with Gasteiger partial charge in [-0.25, -0.2) is 0 Å². The summed E-state index contributed by atoms with van der Waals surface area (Å²) in [6.45, 7) is 2.28. The van der Waals surface area contributed by atoms with Crippen molar-refractivity contribution in [2.45, 2.75) is 39.0 Å². The van der Waals surface area contributed by atoms with Gasteiger partial charge in [-0.05, 0) is 30.5 Å². The molecule has 1 amide bonds. The number of aliphatic hydroxyl groups is 1. The van der Waals surface area contributed by atoms with Crippen molar-refractivity contribution in [1.29, 1.82) is 0 Å². The van der Waals surface area contributed by atoms with E-state index in [2.05, 4.69) is 12.2 Å². The zero-order valence-electron chi connectivity index (χ0n) is 10.4. The maximum absolute atomic E-state index is 11.5. The van der Waals surface area contributed by atoms with Gasteiger partial charge >= 0.3 is 0 Å². The SMILES string of the molecule is CCCCCC(=O)Nc1ccc(CCO)cc1. The highest BCUT2D eigenvalue weighted by Crippen LogP contribution is 2.11. The van der Waals surface area contributed by atoms with Crippen LogP contribution in [0.5, 0.6) is 0 Å². The predicted molar refractivity (Wildman–Crippen MR) is 70.0 cm³/mol. The molecule has 1 rings (SSSR count). The molecule has 1 aromatic carbocycles. The predicted octanol–water partition coefficient (Wildman–Crippen LogP) is 2.74. The summed E-state index contributed by atoms with van der Waals surface area (Å²) < 4.78 is 0. The van der Waals surface area contributed by atoms with Crippen molar-refractivity contribution < 1.29 is 9.90 Å². The standard InChI is InChI=1S/C14H21NO2/c1-2-3-4-5-14(17)15-13-8-6-12(7-9-13)10-11-16/h6-9,16H,2-5,10-11H2,1H3,(H,15,17). The van der Waals surface area contributed by atoms with Crippen LogP contribution in [-0.2, 0) is 11.2 Å². The second-order valence-electron chi connectivity index (χ2n) is 4.18. The van der Waals surface area contributed by atoms with E-state index in [9.17, 15) is 4.79 Å². The van der Waals surface area contributed by atoms with Crippen LogP contribution in [-0.4, -0.2) is 17.6 Å². The molecule has 0 aliphatic heterocycles. The van der Waals surface area contributed by atoms with Crippen LogP contribution in [0.3, 0.4) is 0 Å². The fourth-order valence-corrected chi connectivity index (χ4v) is 1.64. The van der Waals surface area contributed by atoms with E-state index < -0.39 is 0 Å². The number of unbranched alkanes of at least 4 members (excludes halogenated alkanes) is 2. The molecule has 1 aromatic rings. The summed E-state index contributed by atoms with van der Waals surface area (Å²) in [5, 5.41) is 11.7. The number of carbonyl (C=O) groups is 1. The molecule has 0 radical (unpaired) electrons. The van der Waals surface area contributed by atoms with E-state index in [1.807, 2.05) is 24.3 Å². The van der Waals surface area contributed by atoms with E-state index >= 15 is 0 Å². The first kappa shape index (κ1) is 13.7. The number of hydrogen-bond acceptors (Lipinski definition) is 2. The van der Waals surface area contributed by atoms with Crippen molar-refractivity contribution in [3.8, 4) is 0 Å². The summed E-state index contributed by atoms with van der Waals surface area (Å²) >= 11 is 0. The van der Waals surface area contributed by atoms with E-state index in [1.165, 1.54) is 0 Å². The Morgan fingerprint density at radius 3 is 2.53 bits per heavy atom. The number of amides is 1. The van der Waals surface area contributed by atoms with Gasteiger partial charge in [0.15, 0.2) is 0 Å². The van der Waals surface area contributed by atoms with Crippen LogP contribution in [0, 0.1) is 0 Å². The molecule has 0 aromatic heterocycles. The summed E-state index contributed by atoms with van der Waals surface area (Å²) in [4.78, 5) is 11.5. The maximum atomic E-state index is 11.5. The Morgan fingerprint density at radius 2 is 1.94 bits per heavy atom. The Bertz CT molecular complexity index is 333. The fraction of sp³-hybridized carbons (Fsp3) is 0.500. The molecule has 0 spiro atoms. The Hall–Kier alpha value is -1.35. The van der Waals surface area contributed by atoms with Gasteiger partial charge in [-0.2, -0.15) is 0 Å². The van der Waals surface area contributed by atoms with Gasteiger partial charge in [-0.3, -0.25) is 4.79 Å². The van der Waals surface area contributed by atoms with E-state index in [0.717, 1.165) is 30.5 Å². The van der Waals surface area contributed by atoms with Gasteiger partial charge < -0.3 is 10.4 Å². The summed E-state index contributed by atoms with van der Waals surface area (Å²) in [5.41, 5.74) is 1.91. The van der Waals surface area contributed by atoms with Crippen molar-refractivity contribution in [3.63, 3.8) is 0 Å². The zero-order chi connectivity index (χ0) is 12.5. The van der Waals surface area contributed by atoms with Crippen LogP contribution in [0.15, 0.2) is 24.3 Å². The second-order valence-corrected chi connectivity index (χ2v) is 4.18. The summed E-state index contributed by atoms with van der Waals surface area (Å²) in [6.07, 6.45) is 4.42. The number of benzene rings is 1. The Kier molecular flexibility index (Phi) is 6.33. The van der Waals surface area contributed by atoms with Gasteiger partial charge in [0.25, 0.3) is 0 Å². The Morgan fingerprint density at radius 1 is 1.24 bits per heavy atom. The molecule has 0 aliphatic carbocycles. The average Bonchev–Trinajstić information content (AvgIpc) is 2.32. The first-order chi connectivity index (χ1) is 8.26. The van der Waals surface area contributed by atoms with Crippen molar-refractivity contribution in [2.75, 3.05) is 11.9 Å². The lowest BCUT2D eigenvalue weighted by Crippen LogP contribution is -2.10. The number of nitrogens with one attached hydrogen (secondary N) is 1. The summed E-state index contributed by atoms with van der Waals surface area (Å²) in [5.74, 6) is 0.0772. The summed E-state index contributed by atoms with van der Waals surface area (Å²) in [7, 11) is 0. The van der Waals surface area contributed by atoms with E-state index in [4.69, 9.17) is 5.11 Å². The quantitative estimate of drug-likeness (QED) is 0.714. The minimum Gasteiger partial charge on any atom is -0.396 e. The maximum Gasteiger partial charge on any atom is 0.224 e. The largest absolute Gasteiger partial charge is 0.396 e. The molecule has 0 saturated heterocycles. The van der Waals surface area contributed by atoms with Crippen LogP contribution in [0.1, 0.15) is 38.2 Å². The molecule has 94 valence electrons. The Balaban J connectivity index is 2.37. The first-order valence-electron chi connectivity index (χ1n) is 6.26. The molecular weight excluding hydrogens is 214 g/mol. The number of aliphatic hydroxyl groups excluding tert-OH is 1. The van der Waals surface area contributed by atoms with Crippen molar-refractivity contribution in [3.05, 3.63) is 29.8 Å². The van der Waals surface area contributed by atoms with Crippen LogP contribution < -0.4 is 5.32 Å². The minimum atomic E-state index is 0.0772. The van der Waals surface area contributed by atoms with Crippen LogP contribution in [0.4, 0.5) is 5.69 Å². The number of rotatable bonds is 7. The average molecular weight is 235 g/mol. The van der Waals surface area contributed by atoms with Crippen LogP contribution in [0.25, 0.3) is 0 Å². The van der Waals surface area contributed by atoms with E-state index in [1.54, 1.807) is 0 Å². The fourth-order valence-electron chi connectivity index (χ4n) is 1.64. The third-order valence-corrected chi connectivity index (χ3v) is 2.65. The molecule has 0 unspecified atom stereocenters. The number of carbonyl (C=O) groups excluding carboxylic acids is 1. The zero-order valence-corrected chi connectivity index (χ0v) is 10.4. The second kappa shape index (κ2) is 7.85. The third kappa shape index (κ3) is 5.50. The van der Waals surface area contributed by atoms with Gasteiger partial charge in [0.05, 0.1) is 0 Å². The number of hydrogen-bond donors (Lipinski definition) is 2. The van der Waals surface area contributed by atoms with Crippen molar-refractivity contribution in [2.24, 2.45) is 0 Å². The smallest absolute Gasteiger partial charge is 0.224 e. The van der Waals surface area contributed by atoms with E-state index in [-0.39, 0.29) is 12.5 Å². The topological polar surface area (TPSA) is 49.3 Å². The Labute approximate surface area is 103 Å². The minimum absolute atomic E-state index is 0.0772. The van der Waals surface area contributed by atoms with Gasteiger partial charge in [0.1, 0.15) is 0 Å². The highest BCUT2D eigenvalue weighted by atomic mass is 16.2. The first-order valence-corrected chi connectivity index (χ1v) is 6.26.